The van der Waals surface area contributed by atoms with Crippen molar-refractivity contribution in [3.05, 3.63) is 48.0 Å². The zero-order valence-electron chi connectivity index (χ0n) is 16.9. The molecule has 0 bridgehead atoms. The van der Waals surface area contributed by atoms with Gasteiger partial charge in [-0.05, 0) is 30.5 Å². The molecule has 0 radical (unpaired) electrons. The highest BCUT2D eigenvalue weighted by molar-refractivity contribution is 5.80. The number of anilines is 1. The molecule has 3 aromatic rings. The third-order valence-corrected chi connectivity index (χ3v) is 5.15. The van der Waals surface area contributed by atoms with Gasteiger partial charge in [0.15, 0.2) is 5.65 Å². The molecule has 5 rings (SSSR count). The van der Waals surface area contributed by atoms with Crippen LogP contribution < -0.4 is 5.32 Å². The minimum Gasteiger partial charge on any atom is -0.465 e. The summed E-state index contributed by atoms with van der Waals surface area (Å²) in [7, 11) is 0. The molecule has 1 amide bonds. The van der Waals surface area contributed by atoms with Gasteiger partial charge in [-0.3, -0.25) is 10.2 Å². The summed E-state index contributed by atoms with van der Waals surface area (Å²) in [4.78, 5) is 17.3. The Kier molecular flexibility index (Phi) is 6.25. The minimum absolute atomic E-state index is 0.0545. The van der Waals surface area contributed by atoms with E-state index in [1.807, 2.05) is 24.3 Å². The van der Waals surface area contributed by atoms with E-state index in [9.17, 15) is 9.90 Å². The molecule has 0 atom stereocenters. The molecule has 2 aliphatic rings. The molecule has 0 unspecified atom stereocenters. The first-order valence-corrected chi connectivity index (χ1v) is 10.4. The number of hydrogen-bond donors (Lipinski definition) is 3. The third-order valence-electron chi connectivity index (χ3n) is 5.15. The zero-order valence-corrected chi connectivity index (χ0v) is 16.9. The molecular weight excluding hydrogens is 382 g/mol. The number of aliphatic hydroxyl groups excluding tert-OH is 1. The standard InChI is InChI=1S/C19H21N5O3.C3H6/c25-15-8-10-23(11-9-15)12-13-4-6-14(7-5-13)16-2-1-3-17-20-18(21-19(26)27)22-24(16)17;1-2-3-1/h1-7,15,25H,8-12H2,(H,21,22)(H,26,27);1-3H2. The lowest BCUT2D eigenvalue weighted by Gasteiger charge is -2.29. The van der Waals surface area contributed by atoms with Crippen LogP contribution in [-0.2, 0) is 6.54 Å². The van der Waals surface area contributed by atoms with Gasteiger partial charge in [-0.25, -0.2) is 9.31 Å². The number of hydrogen-bond acceptors (Lipinski definition) is 5. The summed E-state index contributed by atoms with van der Waals surface area (Å²) in [5, 5.41) is 24.9. The number of amides is 1. The number of rotatable bonds is 4. The van der Waals surface area contributed by atoms with E-state index in [1.165, 1.54) is 24.8 Å². The topological polar surface area (TPSA) is 103 Å². The Morgan fingerprint density at radius 3 is 2.40 bits per heavy atom. The van der Waals surface area contributed by atoms with Crippen molar-refractivity contribution >= 4 is 17.7 Å². The molecule has 2 fully saturated rings. The molecule has 3 N–H and O–H groups in total. The number of benzene rings is 1. The van der Waals surface area contributed by atoms with Gasteiger partial charge in [-0.1, -0.05) is 49.6 Å². The molecule has 1 saturated carbocycles. The fraction of sp³-hybridized carbons (Fsp3) is 0.409. The summed E-state index contributed by atoms with van der Waals surface area (Å²) in [6.07, 6.45) is 4.81. The Bertz CT molecular complexity index is 989. The van der Waals surface area contributed by atoms with Crippen LogP contribution in [0.25, 0.3) is 16.9 Å². The molecule has 8 nitrogen and oxygen atoms in total. The van der Waals surface area contributed by atoms with Crippen LogP contribution >= 0.6 is 0 Å². The number of carboxylic acid groups (broad SMARTS) is 1. The lowest BCUT2D eigenvalue weighted by Crippen LogP contribution is -2.35. The Morgan fingerprint density at radius 2 is 1.77 bits per heavy atom. The van der Waals surface area contributed by atoms with Crippen molar-refractivity contribution in [2.45, 2.75) is 44.8 Å². The van der Waals surface area contributed by atoms with Crippen LogP contribution in [0.15, 0.2) is 42.5 Å². The van der Waals surface area contributed by atoms with Crippen molar-refractivity contribution in [3.63, 3.8) is 0 Å². The number of nitrogens with one attached hydrogen (secondary N) is 1. The minimum atomic E-state index is -1.19. The average Bonchev–Trinajstić information content (AvgIpc) is 3.56. The maximum atomic E-state index is 10.8. The van der Waals surface area contributed by atoms with Crippen LogP contribution in [0.3, 0.4) is 0 Å². The molecule has 30 heavy (non-hydrogen) atoms. The summed E-state index contributed by atoms with van der Waals surface area (Å²) in [5.41, 5.74) is 3.61. The van der Waals surface area contributed by atoms with E-state index < -0.39 is 6.09 Å². The van der Waals surface area contributed by atoms with Gasteiger partial charge < -0.3 is 10.2 Å². The highest BCUT2D eigenvalue weighted by Gasteiger charge is 2.17. The molecule has 3 heterocycles. The predicted octanol–water partition coefficient (Wildman–Crippen LogP) is 3.61. The largest absolute Gasteiger partial charge is 0.465 e. The van der Waals surface area contributed by atoms with Gasteiger partial charge in [-0.2, -0.15) is 4.98 Å². The molecule has 8 heteroatoms. The van der Waals surface area contributed by atoms with Gasteiger partial charge in [0.05, 0.1) is 11.8 Å². The van der Waals surface area contributed by atoms with Gasteiger partial charge >= 0.3 is 6.09 Å². The van der Waals surface area contributed by atoms with Crippen LogP contribution in [0.4, 0.5) is 10.7 Å². The van der Waals surface area contributed by atoms with E-state index in [4.69, 9.17) is 5.11 Å². The van der Waals surface area contributed by atoms with E-state index in [1.54, 1.807) is 10.6 Å². The van der Waals surface area contributed by atoms with E-state index in [2.05, 4.69) is 32.4 Å². The Morgan fingerprint density at radius 1 is 1.07 bits per heavy atom. The number of aliphatic hydroxyl groups is 1. The SMILES string of the molecule is C1CC1.O=C(O)Nc1nc2cccc(-c3ccc(CN4CCC(O)CC4)cc3)n2n1. The monoisotopic (exact) mass is 409 g/mol. The smallest absolute Gasteiger partial charge is 0.411 e. The molecule has 1 aliphatic heterocycles. The second-order valence-electron chi connectivity index (χ2n) is 7.81. The van der Waals surface area contributed by atoms with Crippen molar-refractivity contribution in [2.24, 2.45) is 0 Å². The highest BCUT2D eigenvalue weighted by Crippen LogP contribution is 2.22. The number of fused-ring (bicyclic) bond motifs is 1. The molecule has 0 spiro atoms. The molecular formula is C22H27N5O3. The van der Waals surface area contributed by atoms with Crippen LogP contribution in [0.5, 0.6) is 0 Å². The fourth-order valence-electron chi connectivity index (χ4n) is 3.39. The molecule has 1 aliphatic carbocycles. The van der Waals surface area contributed by atoms with Gasteiger partial charge in [0, 0.05) is 25.2 Å². The number of carbonyl (C=O) groups is 1. The maximum absolute atomic E-state index is 10.8. The van der Waals surface area contributed by atoms with Crippen molar-refractivity contribution < 1.29 is 15.0 Å². The normalized spacial score (nSPS) is 16.7. The Balaban J connectivity index is 0.000000667. The van der Waals surface area contributed by atoms with Gasteiger partial charge in [-0.15, -0.1) is 5.10 Å². The van der Waals surface area contributed by atoms with Gasteiger partial charge in [0.1, 0.15) is 0 Å². The molecule has 2 aromatic heterocycles. The zero-order chi connectivity index (χ0) is 20.9. The van der Waals surface area contributed by atoms with Crippen LogP contribution in [0.2, 0.25) is 0 Å². The third kappa shape index (κ3) is 5.34. The number of nitrogens with zero attached hydrogens (tertiary/aromatic N) is 4. The fourth-order valence-corrected chi connectivity index (χ4v) is 3.39. The quantitative estimate of drug-likeness (QED) is 0.608. The number of aromatic nitrogens is 3. The van der Waals surface area contributed by atoms with Crippen LogP contribution in [0.1, 0.15) is 37.7 Å². The summed E-state index contributed by atoms with van der Waals surface area (Å²) in [6, 6.07) is 13.8. The highest BCUT2D eigenvalue weighted by atomic mass is 16.4. The predicted molar refractivity (Wildman–Crippen MR) is 114 cm³/mol. The first kappa shape index (κ1) is 20.3. The van der Waals surface area contributed by atoms with Crippen molar-refractivity contribution in [2.75, 3.05) is 18.4 Å². The van der Waals surface area contributed by atoms with E-state index in [0.29, 0.717) is 5.65 Å². The van der Waals surface area contributed by atoms with Crippen molar-refractivity contribution in [1.82, 2.24) is 19.5 Å². The number of pyridine rings is 1. The Labute approximate surface area is 175 Å². The lowest BCUT2D eigenvalue weighted by molar-refractivity contribution is 0.0792. The second-order valence-corrected chi connectivity index (χ2v) is 7.81. The molecule has 1 aromatic carbocycles. The van der Waals surface area contributed by atoms with E-state index in [0.717, 1.165) is 43.7 Å². The van der Waals surface area contributed by atoms with Crippen LogP contribution in [-0.4, -0.2) is 55.0 Å². The summed E-state index contributed by atoms with van der Waals surface area (Å²) >= 11 is 0. The first-order chi connectivity index (χ1) is 14.6. The summed E-state index contributed by atoms with van der Waals surface area (Å²) < 4.78 is 1.63. The lowest BCUT2D eigenvalue weighted by atomic mass is 10.1. The number of likely N-dealkylation sites (tertiary alicyclic amines) is 1. The first-order valence-electron chi connectivity index (χ1n) is 10.4. The summed E-state index contributed by atoms with van der Waals surface area (Å²) in [6.45, 7) is 2.70. The van der Waals surface area contributed by atoms with Gasteiger partial charge in [0.25, 0.3) is 5.95 Å². The van der Waals surface area contributed by atoms with Gasteiger partial charge in [0.2, 0.25) is 0 Å². The van der Waals surface area contributed by atoms with Crippen molar-refractivity contribution in [3.8, 4) is 11.3 Å². The molecule has 1 saturated heterocycles. The molecule has 158 valence electrons. The van der Waals surface area contributed by atoms with E-state index >= 15 is 0 Å². The number of piperidine rings is 1. The van der Waals surface area contributed by atoms with E-state index in [-0.39, 0.29) is 12.1 Å². The van der Waals surface area contributed by atoms with Crippen LogP contribution in [0, 0.1) is 0 Å². The Hall–Kier alpha value is -2.97. The summed E-state index contributed by atoms with van der Waals surface area (Å²) in [5.74, 6) is 0.0545. The maximum Gasteiger partial charge on any atom is 0.411 e. The second kappa shape index (κ2) is 9.23. The van der Waals surface area contributed by atoms with Crippen molar-refractivity contribution in [1.29, 1.82) is 0 Å². The average molecular weight is 409 g/mol.